The molecule has 1 heterocycles. The molecule has 0 fully saturated rings. The van der Waals surface area contributed by atoms with Gasteiger partial charge in [0.05, 0.1) is 35.2 Å². The first-order valence-electron chi connectivity index (χ1n) is 12.6. The quantitative estimate of drug-likeness (QED) is 0.355. The van der Waals surface area contributed by atoms with E-state index >= 15 is 0 Å². The van der Waals surface area contributed by atoms with Crippen LogP contribution in [0.25, 0.3) is 0 Å². The van der Waals surface area contributed by atoms with Crippen molar-refractivity contribution in [2.75, 3.05) is 0 Å². The molecule has 38 heavy (non-hydrogen) atoms. The number of nitrogens with zero attached hydrogens (tertiary/aromatic N) is 3. The van der Waals surface area contributed by atoms with E-state index in [4.69, 9.17) is 26.6 Å². The summed E-state index contributed by atoms with van der Waals surface area (Å²) in [6.07, 6.45) is 3.63. The van der Waals surface area contributed by atoms with Gasteiger partial charge in [0.25, 0.3) is 0 Å². The SMILES string of the molecule is CC(C)c1cccc(C(C)C)c1N=Cc1cc(Cl)cc(C=Nc2c(C(C)C)cccc2C(C)C)n1.[Cl-].[Cl-].[Co+2]. The topological polar surface area (TPSA) is 37.6 Å². The predicted molar refractivity (Wildman–Crippen MR) is 153 cm³/mol. The zero-order valence-electron chi connectivity index (χ0n) is 23.4. The van der Waals surface area contributed by atoms with Crippen molar-refractivity contribution in [2.24, 2.45) is 9.98 Å². The molecule has 0 atom stereocenters. The van der Waals surface area contributed by atoms with Crippen molar-refractivity contribution in [3.63, 3.8) is 0 Å². The van der Waals surface area contributed by atoms with Crippen molar-refractivity contribution in [3.8, 4) is 0 Å². The van der Waals surface area contributed by atoms with Gasteiger partial charge in [-0.1, -0.05) is 103 Å². The Balaban J connectivity index is 0.00000456. The first kappa shape index (κ1) is 36.3. The maximum Gasteiger partial charge on any atom is 2.00 e. The van der Waals surface area contributed by atoms with Crippen LogP contribution in [0.5, 0.6) is 0 Å². The molecule has 0 unspecified atom stereocenters. The van der Waals surface area contributed by atoms with Crippen LogP contribution in [0.3, 0.4) is 0 Å². The zero-order valence-corrected chi connectivity index (χ0v) is 26.7. The van der Waals surface area contributed by atoms with Gasteiger partial charge in [-0.25, -0.2) is 4.98 Å². The van der Waals surface area contributed by atoms with Gasteiger partial charge in [-0.3, -0.25) is 9.98 Å². The number of benzene rings is 2. The van der Waals surface area contributed by atoms with Gasteiger partial charge >= 0.3 is 16.8 Å². The van der Waals surface area contributed by atoms with Crippen molar-refractivity contribution in [2.45, 2.75) is 79.1 Å². The number of para-hydroxylation sites is 2. The Hall–Kier alpha value is -1.69. The second kappa shape index (κ2) is 16.4. The molecule has 0 amide bonds. The van der Waals surface area contributed by atoms with Gasteiger partial charge < -0.3 is 24.8 Å². The first-order valence-corrected chi connectivity index (χ1v) is 13.0. The number of aromatic nitrogens is 1. The third-order valence-electron chi connectivity index (χ3n) is 6.17. The average Bonchev–Trinajstić information content (AvgIpc) is 2.80. The molecular weight excluding hydrogens is 580 g/mol. The third-order valence-corrected chi connectivity index (χ3v) is 6.38. The molecule has 0 aliphatic carbocycles. The maximum absolute atomic E-state index is 6.48. The summed E-state index contributed by atoms with van der Waals surface area (Å²) in [6.45, 7) is 17.6. The molecule has 0 saturated carbocycles. The largest absolute Gasteiger partial charge is 2.00 e. The monoisotopic (exact) mass is 616 g/mol. The van der Waals surface area contributed by atoms with Crippen LogP contribution in [0.2, 0.25) is 5.02 Å². The van der Waals surface area contributed by atoms with Gasteiger partial charge in [0.1, 0.15) is 0 Å². The Morgan fingerprint density at radius 3 is 1.16 bits per heavy atom. The Morgan fingerprint density at radius 2 is 0.895 bits per heavy atom. The summed E-state index contributed by atoms with van der Waals surface area (Å²) in [5.41, 5.74) is 8.45. The summed E-state index contributed by atoms with van der Waals surface area (Å²) < 4.78 is 0. The molecule has 1 aromatic heterocycles. The fraction of sp³-hybridized carbons (Fsp3) is 0.387. The van der Waals surface area contributed by atoms with E-state index in [0.29, 0.717) is 40.1 Å². The maximum atomic E-state index is 6.48. The number of pyridine rings is 1. The molecule has 3 rings (SSSR count). The molecule has 7 heteroatoms. The summed E-state index contributed by atoms with van der Waals surface area (Å²) in [4.78, 5) is 14.6. The minimum absolute atomic E-state index is 0. The summed E-state index contributed by atoms with van der Waals surface area (Å²) in [5, 5.41) is 0.616. The molecule has 0 aliphatic rings. The molecule has 0 saturated heterocycles. The number of hydrogen-bond acceptors (Lipinski definition) is 3. The standard InChI is InChI=1S/C31H38ClN3.2ClH.Co/c1-19(2)26-11-9-12-27(20(3)4)30(26)33-17-24-15-23(32)16-25(35-24)18-34-31-28(21(5)6)13-10-14-29(31)22(7)8;;;/h9-22H,1-8H3;2*1H;/q;;;+2/p-2. The van der Waals surface area contributed by atoms with E-state index in [2.05, 4.69) is 91.8 Å². The van der Waals surface area contributed by atoms with Crippen LogP contribution in [0.15, 0.2) is 58.5 Å². The van der Waals surface area contributed by atoms with Crippen LogP contribution >= 0.6 is 11.6 Å². The Labute approximate surface area is 257 Å². The van der Waals surface area contributed by atoms with Crippen LogP contribution in [-0.4, -0.2) is 17.4 Å². The van der Waals surface area contributed by atoms with Gasteiger partial charge in [-0.05, 0) is 58.1 Å². The van der Waals surface area contributed by atoms with E-state index in [0.717, 1.165) is 11.4 Å². The summed E-state index contributed by atoms with van der Waals surface area (Å²) in [6, 6.07) is 16.6. The smallest absolute Gasteiger partial charge is 1.00 e. The molecular formula is C31H38Cl3CoN3. The van der Waals surface area contributed by atoms with Gasteiger partial charge in [0.15, 0.2) is 0 Å². The van der Waals surface area contributed by atoms with Crippen LogP contribution < -0.4 is 24.8 Å². The Morgan fingerprint density at radius 1 is 0.605 bits per heavy atom. The van der Waals surface area contributed by atoms with E-state index < -0.39 is 0 Å². The van der Waals surface area contributed by atoms with Gasteiger partial charge in [0.2, 0.25) is 0 Å². The van der Waals surface area contributed by atoms with Crippen molar-refractivity contribution in [3.05, 3.63) is 87.2 Å². The van der Waals surface area contributed by atoms with Crippen LogP contribution in [0, 0.1) is 0 Å². The van der Waals surface area contributed by atoms with Crippen molar-refractivity contribution < 1.29 is 41.6 Å². The minimum atomic E-state index is 0. The molecule has 3 aromatic rings. The molecule has 207 valence electrons. The predicted octanol–water partition coefficient (Wildman–Crippen LogP) is 3.74. The van der Waals surface area contributed by atoms with Crippen molar-refractivity contribution in [1.82, 2.24) is 4.98 Å². The van der Waals surface area contributed by atoms with E-state index in [1.165, 1.54) is 22.3 Å². The molecule has 0 aliphatic heterocycles. The molecule has 3 nitrogen and oxygen atoms in total. The Kier molecular flexibility index (Phi) is 15.7. The van der Waals surface area contributed by atoms with Gasteiger partial charge in [-0.15, -0.1) is 0 Å². The fourth-order valence-electron chi connectivity index (χ4n) is 4.25. The van der Waals surface area contributed by atoms with Crippen molar-refractivity contribution >= 4 is 35.4 Å². The first-order chi connectivity index (χ1) is 16.6. The average molecular weight is 618 g/mol. The van der Waals surface area contributed by atoms with E-state index in [9.17, 15) is 0 Å². The van der Waals surface area contributed by atoms with Crippen LogP contribution in [0.1, 0.15) is 113 Å². The van der Waals surface area contributed by atoms with Crippen LogP contribution in [-0.2, 0) is 16.8 Å². The normalized spacial score (nSPS) is 11.4. The third kappa shape index (κ3) is 9.20. The molecule has 0 spiro atoms. The second-order valence-electron chi connectivity index (χ2n) is 10.3. The number of rotatable bonds is 8. The fourth-order valence-corrected chi connectivity index (χ4v) is 4.48. The molecule has 0 N–H and O–H groups in total. The summed E-state index contributed by atoms with van der Waals surface area (Å²) >= 11 is 6.48. The molecule has 1 radical (unpaired) electrons. The van der Waals surface area contributed by atoms with E-state index in [1.54, 1.807) is 0 Å². The van der Waals surface area contributed by atoms with Crippen molar-refractivity contribution in [1.29, 1.82) is 0 Å². The number of aliphatic imine (C=N–C) groups is 2. The Bertz CT molecular complexity index is 1090. The zero-order chi connectivity index (χ0) is 25.7. The van der Waals surface area contributed by atoms with Gasteiger partial charge in [0, 0.05) is 5.02 Å². The molecule has 0 bridgehead atoms. The van der Waals surface area contributed by atoms with E-state index in [1.807, 2.05) is 24.6 Å². The number of halogens is 3. The van der Waals surface area contributed by atoms with E-state index in [-0.39, 0.29) is 41.6 Å². The van der Waals surface area contributed by atoms with Crippen LogP contribution in [0.4, 0.5) is 11.4 Å². The minimum Gasteiger partial charge on any atom is -1.00 e. The summed E-state index contributed by atoms with van der Waals surface area (Å²) in [5.74, 6) is 1.53. The second-order valence-corrected chi connectivity index (χ2v) is 10.8. The number of hydrogen-bond donors (Lipinski definition) is 0. The van der Waals surface area contributed by atoms with Gasteiger partial charge in [-0.2, -0.15) is 0 Å². The molecule has 2 aromatic carbocycles. The summed E-state index contributed by atoms with van der Waals surface area (Å²) in [7, 11) is 0.